The lowest BCUT2D eigenvalue weighted by Crippen LogP contribution is -1.98. The van der Waals surface area contributed by atoms with Crippen molar-refractivity contribution in [2.75, 3.05) is 21.3 Å². The molecule has 0 spiro atoms. The number of nitrogens with two attached hydrogens (primary N) is 1. The van der Waals surface area contributed by atoms with E-state index in [-0.39, 0.29) is 6.54 Å². The molecule has 7 heteroatoms. The van der Waals surface area contributed by atoms with E-state index >= 15 is 0 Å². The smallest absolute Gasteiger partial charge is 0.258 e. The number of benzene rings is 1. The first-order valence-corrected chi connectivity index (χ1v) is 5.56. The minimum Gasteiger partial charge on any atom is -0.493 e. The first-order chi connectivity index (χ1) is 9.23. The molecule has 0 fully saturated rings. The number of aromatic nitrogens is 2. The van der Waals surface area contributed by atoms with Crippen LogP contribution < -0.4 is 19.9 Å². The Hall–Kier alpha value is -2.28. The zero-order valence-electron chi connectivity index (χ0n) is 11.0. The highest BCUT2D eigenvalue weighted by Gasteiger charge is 2.17. The molecule has 1 aromatic heterocycles. The zero-order valence-corrected chi connectivity index (χ0v) is 11.0. The molecule has 0 unspecified atom stereocenters. The van der Waals surface area contributed by atoms with Crippen LogP contribution in [0.1, 0.15) is 5.82 Å². The zero-order chi connectivity index (χ0) is 13.8. The van der Waals surface area contributed by atoms with Gasteiger partial charge in [0.1, 0.15) is 0 Å². The number of methoxy groups -OCH3 is 3. The van der Waals surface area contributed by atoms with Crippen molar-refractivity contribution >= 4 is 0 Å². The van der Waals surface area contributed by atoms with E-state index in [1.54, 1.807) is 33.5 Å². The number of hydrogen-bond acceptors (Lipinski definition) is 7. The van der Waals surface area contributed by atoms with Gasteiger partial charge in [0, 0.05) is 5.56 Å². The second-order valence-electron chi connectivity index (χ2n) is 3.63. The van der Waals surface area contributed by atoms with Crippen LogP contribution >= 0.6 is 0 Å². The second-order valence-corrected chi connectivity index (χ2v) is 3.63. The van der Waals surface area contributed by atoms with Crippen LogP contribution in [0.4, 0.5) is 0 Å². The van der Waals surface area contributed by atoms with Crippen molar-refractivity contribution in [2.24, 2.45) is 5.73 Å². The van der Waals surface area contributed by atoms with Crippen molar-refractivity contribution in [1.82, 2.24) is 10.1 Å². The number of hydrogen-bond donors (Lipinski definition) is 1. The largest absolute Gasteiger partial charge is 0.493 e. The summed E-state index contributed by atoms with van der Waals surface area (Å²) in [5, 5.41) is 3.74. The van der Waals surface area contributed by atoms with Crippen molar-refractivity contribution in [3.05, 3.63) is 18.0 Å². The highest BCUT2D eigenvalue weighted by Crippen LogP contribution is 2.40. The van der Waals surface area contributed by atoms with Crippen molar-refractivity contribution in [3.8, 4) is 28.7 Å². The molecule has 0 aliphatic heterocycles. The van der Waals surface area contributed by atoms with Crippen LogP contribution in [-0.2, 0) is 6.54 Å². The normalized spacial score (nSPS) is 10.3. The van der Waals surface area contributed by atoms with Gasteiger partial charge in [-0.2, -0.15) is 4.98 Å². The standard InChI is InChI=1S/C12H15N3O4/c1-16-8-4-7(5-9(17-2)11(8)18-3)12-14-10(6-13)15-19-12/h4-5H,6,13H2,1-3H3. The van der Waals surface area contributed by atoms with Gasteiger partial charge in [-0.1, -0.05) is 5.16 Å². The van der Waals surface area contributed by atoms with E-state index in [4.69, 9.17) is 24.5 Å². The van der Waals surface area contributed by atoms with Crippen molar-refractivity contribution < 1.29 is 18.7 Å². The van der Waals surface area contributed by atoms with Gasteiger partial charge in [0.15, 0.2) is 17.3 Å². The summed E-state index contributed by atoms with van der Waals surface area (Å²) in [7, 11) is 4.62. The molecular weight excluding hydrogens is 250 g/mol. The lowest BCUT2D eigenvalue weighted by molar-refractivity contribution is 0.324. The fourth-order valence-electron chi connectivity index (χ4n) is 1.66. The van der Waals surface area contributed by atoms with Crippen molar-refractivity contribution in [2.45, 2.75) is 6.54 Å². The van der Waals surface area contributed by atoms with Gasteiger partial charge in [-0.3, -0.25) is 0 Å². The fourth-order valence-corrected chi connectivity index (χ4v) is 1.66. The predicted octanol–water partition coefficient (Wildman–Crippen LogP) is 1.22. The Morgan fingerprint density at radius 3 is 2.16 bits per heavy atom. The topological polar surface area (TPSA) is 92.6 Å². The van der Waals surface area contributed by atoms with Crippen LogP contribution in [0.3, 0.4) is 0 Å². The Labute approximate surface area is 110 Å². The van der Waals surface area contributed by atoms with Gasteiger partial charge in [0.25, 0.3) is 5.89 Å². The quantitative estimate of drug-likeness (QED) is 0.868. The summed E-state index contributed by atoms with van der Waals surface area (Å²) in [6.45, 7) is 0.216. The molecule has 0 saturated heterocycles. The van der Waals surface area contributed by atoms with Crippen LogP contribution in [0.5, 0.6) is 17.2 Å². The third-order valence-corrected chi connectivity index (χ3v) is 2.56. The molecule has 7 nitrogen and oxygen atoms in total. The maximum absolute atomic E-state index is 5.44. The number of nitrogens with zero attached hydrogens (tertiary/aromatic N) is 2. The SMILES string of the molecule is COc1cc(-c2nc(CN)no2)cc(OC)c1OC. The summed E-state index contributed by atoms with van der Waals surface area (Å²) in [5.74, 6) is 2.32. The van der Waals surface area contributed by atoms with Crippen LogP contribution in [0.25, 0.3) is 11.5 Å². The molecule has 0 atom stereocenters. The highest BCUT2D eigenvalue weighted by molar-refractivity contribution is 5.65. The fraction of sp³-hybridized carbons (Fsp3) is 0.333. The molecule has 0 bridgehead atoms. The highest BCUT2D eigenvalue weighted by atomic mass is 16.5. The molecule has 1 aromatic carbocycles. The third-order valence-electron chi connectivity index (χ3n) is 2.56. The minimum atomic E-state index is 0.216. The molecule has 2 aromatic rings. The third kappa shape index (κ3) is 2.45. The maximum Gasteiger partial charge on any atom is 0.258 e. The molecular formula is C12H15N3O4. The van der Waals surface area contributed by atoms with Gasteiger partial charge in [-0.25, -0.2) is 0 Å². The molecule has 19 heavy (non-hydrogen) atoms. The second kappa shape index (κ2) is 5.57. The van der Waals surface area contributed by atoms with Gasteiger partial charge in [0.05, 0.1) is 27.9 Å². The van der Waals surface area contributed by atoms with Gasteiger partial charge in [0.2, 0.25) is 5.75 Å². The summed E-state index contributed by atoms with van der Waals surface area (Å²) in [6.07, 6.45) is 0. The lowest BCUT2D eigenvalue weighted by atomic mass is 10.2. The van der Waals surface area contributed by atoms with Crippen LogP contribution in [0.15, 0.2) is 16.7 Å². The van der Waals surface area contributed by atoms with Gasteiger partial charge >= 0.3 is 0 Å². The molecule has 2 N–H and O–H groups in total. The molecule has 0 aliphatic carbocycles. The average molecular weight is 265 g/mol. The Balaban J connectivity index is 2.51. The van der Waals surface area contributed by atoms with Crippen LogP contribution in [0, 0.1) is 0 Å². The average Bonchev–Trinajstić information content (AvgIpc) is 2.94. The molecule has 0 saturated carbocycles. The predicted molar refractivity (Wildman–Crippen MR) is 67.3 cm³/mol. The molecule has 0 radical (unpaired) electrons. The first kappa shape index (κ1) is 13.2. The van der Waals surface area contributed by atoms with Gasteiger partial charge in [-0.05, 0) is 12.1 Å². The Kier molecular flexibility index (Phi) is 3.86. The molecule has 0 amide bonds. The van der Waals surface area contributed by atoms with E-state index in [1.165, 1.54) is 0 Å². The summed E-state index contributed by atoms with van der Waals surface area (Å²) in [4.78, 5) is 4.15. The molecule has 2 rings (SSSR count). The molecule has 0 aliphatic rings. The van der Waals surface area contributed by atoms with E-state index < -0.39 is 0 Å². The minimum absolute atomic E-state index is 0.216. The summed E-state index contributed by atoms with van der Waals surface area (Å²) < 4.78 is 20.9. The molecule has 1 heterocycles. The van der Waals surface area contributed by atoms with Crippen LogP contribution in [0.2, 0.25) is 0 Å². The summed E-state index contributed by atoms with van der Waals surface area (Å²) >= 11 is 0. The summed E-state index contributed by atoms with van der Waals surface area (Å²) in [5.41, 5.74) is 6.11. The van der Waals surface area contributed by atoms with E-state index in [0.717, 1.165) is 0 Å². The van der Waals surface area contributed by atoms with E-state index in [9.17, 15) is 0 Å². The van der Waals surface area contributed by atoms with Crippen molar-refractivity contribution in [3.63, 3.8) is 0 Å². The monoisotopic (exact) mass is 265 g/mol. The van der Waals surface area contributed by atoms with Crippen molar-refractivity contribution in [1.29, 1.82) is 0 Å². The Morgan fingerprint density at radius 2 is 1.74 bits per heavy atom. The number of ether oxygens (including phenoxy) is 3. The van der Waals surface area contributed by atoms with Crippen LogP contribution in [-0.4, -0.2) is 31.5 Å². The summed E-state index contributed by atoms with van der Waals surface area (Å²) in [6, 6.07) is 3.46. The number of rotatable bonds is 5. The van der Waals surface area contributed by atoms with Gasteiger partial charge < -0.3 is 24.5 Å². The first-order valence-electron chi connectivity index (χ1n) is 5.56. The molecule has 102 valence electrons. The maximum atomic E-state index is 5.44. The Bertz CT molecular complexity index is 543. The van der Waals surface area contributed by atoms with E-state index in [0.29, 0.717) is 34.5 Å². The lowest BCUT2D eigenvalue weighted by Gasteiger charge is -2.12. The van der Waals surface area contributed by atoms with Gasteiger partial charge in [-0.15, -0.1) is 0 Å². The Morgan fingerprint density at radius 1 is 1.11 bits per heavy atom. The van der Waals surface area contributed by atoms with E-state index in [2.05, 4.69) is 10.1 Å². The van der Waals surface area contributed by atoms with E-state index in [1.807, 2.05) is 0 Å².